The first kappa shape index (κ1) is 31.5. The number of non-ortho nitro benzene ring substituents is 2. The van der Waals surface area contributed by atoms with Crippen LogP contribution in [0.3, 0.4) is 0 Å². The molecule has 10 nitrogen and oxygen atoms in total. The first-order valence-corrected chi connectivity index (χ1v) is 14.7. The predicted molar refractivity (Wildman–Crippen MR) is 178 cm³/mol. The quantitative estimate of drug-likeness (QED) is 0.113. The smallest absolute Gasteiger partial charge is 0.269 e. The number of hydrogen-bond acceptors (Lipinski definition) is 6. The van der Waals surface area contributed by atoms with Crippen LogP contribution in [0.4, 0.5) is 22.7 Å². The molecule has 0 N–H and O–H groups in total. The molecule has 0 bridgehead atoms. The normalized spacial score (nSPS) is 15.9. The minimum Gasteiger partial charge on any atom is -0.306 e. The van der Waals surface area contributed by atoms with Gasteiger partial charge in [-0.3, -0.25) is 29.8 Å². The highest BCUT2D eigenvalue weighted by Crippen LogP contribution is 2.43. The molecule has 0 aromatic heterocycles. The molecule has 1 heterocycles. The van der Waals surface area contributed by atoms with E-state index >= 15 is 0 Å². The molecule has 0 saturated heterocycles. The van der Waals surface area contributed by atoms with Gasteiger partial charge in [-0.25, -0.2) is 0 Å². The summed E-state index contributed by atoms with van der Waals surface area (Å²) in [5.41, 5.74) is 5.48. The number of benzene rings is 4. The highest BCUT2D eigenvalue weighted by molar-refractivity contribution is 6.07. The molecule has 1 aliphatic heterocycles. The molecular weight excluding hydrogens is 584 g/mol. The van der Waals surface area contributed by atoms with Crippen LogP contribution in [0.25, 0.3) is 12.2 Å². The summed E-state index contributed by atoms with van der Waals surface area (Å²) in [6, 6.07) is 24.8. The third-order valence-electron chi connectivity index (χ3n) is 7.95. The van der Waals surface area contributed by atoms with Crippen molar-refractivity contribution < 1.29 is 19.4 Å². The molecule has 4 aromatic carbocycles. The second-order valence-electron chi connectivity index (χ2n) is 11.3. The van der Waals surface area contributed by atoms with Crippen molar-refractivity contribution in [3.8, 4) is 0 Å². The standard InChI is InChI=1S/C36H32N4O6/c1-24-4-13-29(14-5-24)38(36(42)21-12-28-9-17-31(18-10-28)40(45)46)34-23-26(3)37(33-19-6-25(2)22-32(33)34)35(41)20-11-27-7-15-30(16-8-27)39(43)44/h4-22,26,34H,23H2,1-3H3/b20-11+,21-12+. The molecule has 5 rings (SSSR count). The number of rotatable bonds is 8. The molecule has 46 heavy (non-hydrogen) atoms. The first-order chi connectivity index (χ1) is 22.0. The van der Waals surface area contributed by atoms with Crippen LogP contribution in [0.5, 0.6) is 0 Å². The van der Waals surface area contributed by atoms with Gasteiger partial charge in [0.25, 0.3) is 23.2 Å². The maximum atomic E-state index is 14.0. The fourth-order valence-electron chi connectivity index (χ4n) is 5.61. The van der Waals surface area contributed by atoms with E-state index in [-0.39, 0.29) is 29.2 Å². The molecule has 0 aliphatic carbocycles. The Morgan fingerprint density at radius 2 is 1.28 bits per heavy atom. The van der Waals surface area contributed by atoms with Gasteiger partial charge >= 0.3 is 0 Å². The van der Waals surface area contributed by atoms with Crippen LogP contribution >= 0.6 is 0 Å². The van der Waals surface area contributed by atoms with Gasteiger partial charge in [-0.1, -0.05) is 35.4 Å². The highest BCUT2D eigenvalue weighted by Gasteiger charge is 2.38. The second kappa shape index (κ2) is 13.4. The predicted octanol–water partition coefficient (Wildman–Crippen LogP) is 7.75. The Balaban J connectivity index is 1.49. The van der Waals surface area contributed by atoms with Gasteiger partial charge in [-0.05, 0) is 98.5 Å². The number of nitro benzene ring substituents is 2. The Morgan fingerprint density at radius 3 is 1.83 bits per heavy atom. The van der Waals surface area contributed by atoms with Crippen LogP contribution in [0.1, 0.15) is 47.2 Å². The van der Waals surface area contributed by atoms with Crippen LogP contribution in [0, 0.1) is 34.1 Å². The molecule has 0 radical (unpaired) electrons. The van der Waals surface area contributed by atoms with Crippen molar-refractivity contribution in [1.82, 2.24) is 0 Å². The summed E-state index contributed by atoms with van der Waals surface area (Å²) in [6.07, 6.45) is 6.64. The largest absolute Gasteiger partial charge is 0.306 e. The van der Waals surface area contributed by atoms with Crippen LogP contribution in [-0.2, 0) is 9.59 Å². The lowest BCUT2D eigenvalue weighted by atomic mass is 9.88. The summed E-state index contributed by atoms with van der Waals surface area (Å²) in [5, 5.41) is 22.0. The number of fused-ring (bicyclic) bond motifs is 1. The molecule has 10 heteroatoms. The fraction of sp³-hybridized carbons (Fsp3) is 0.167. The van der Waals surface area contributed by atoms with Crippen molar-refractivity contribution in [1.29, 1.82) is 0 Å². The number of anilines is 2. The lowest BCUT2D eigenvalue weighted by Crippen LogP contribution is -2.47. The Hall–Kier alpha value is -5.90. The zero-order chi connectivity index (χ0) is 33.0. The highest BCUT2D eigenvalue weighted by atomic mass is 16.6. The lowest BCUT2D eigenvalue weighted by molar-refractivity contribution is -0.385. The number of nitrogens with zero attached hydrogens (tertiary/aromatic N) is 4. The van der Waals surface area contributed by atoms with E-state index in [4.69, 9.17) is 0 Å². The number of hydrogen-bond donors (Lipinski definition) is 0. The zero-order valence-electron chi connectivity index (χ0n) is 25.6. The average Bonchev–Trinajstić information content (AvgIpc) is 3.04. The number of aryl methyl sites for hydroxylation is 2. The summed E-state index contributed by atoms with van der Waals surface area (Å²) in [6.45, 7) is 5.87. The SMILES string of the molecule is Cc1ccc(N(C(=O)/C=C/c2ccc([N+](=O)[O-])cc2)C2CC(C)N(C(=O)/C=C/c3ccc([N+](=O)[O-])cc3)c3ccc(C)cc32)cc1. The average molecular weight is 617 g/mol. The van der Waals surface area contributed by atoms with Crippen molar-refractivity contribution in [3.63, 3.8) is 0 Å². The minimum atomic E-state index is -0.473. The maximum absolute atomic E-state index is 14.0. The summed E-state index contributed by atoms with van der Waals surface area (Å²) < 4.78 is 0. The first-order valence-electron chi connectivity index (χ1n) is 14.7. The van der Waals surface area contributed by atoms with Crippen LogP contribution in [0.15, 0.2) is 103 Å². The van der Waals surface area contributed by atoms with E-state index in [1.807, 2.05) is 63.2 Å². The third-order valence-corrected chi connectivity index (χ3v) is 7.95. The van der Waals surface area contributed by atoms with E-state index in [1.165, 1.54) is 36.4 Å². The molecule has 0 fully saturated rings. The number of carbonyl (C=O) groups excluding carboxylic acids is 2. The van der Waals surface area contributed by atoms with Gasteiger partial charge in [0.15, 0.2) is 0 Å². The Bertz CT molecular complexity index is 1850. The van der Waals surface area contributed by atoms with Gasteiger partial charge in [0.2, 0.25) is 0 Å². The van der Waals surface area contributed by atoms with Crippen molar-refractivity contribution in [2.24, 2.45) is 0 Å². The molecule has 1 aliphatic rings. The number of amides is 2. The van der Waals surface area contributed by atoms with E-state index < -0.39 is 15.9 Å². The summed E-state index contributed by atoms with van der Waals surface area (Å²) in [7, 11) is 0. The van der Waals surface area contributed by atoms with Crippen molar-refractivity contribution >= 4 is 46.7 Å². The molecule has 4 aromatic rings. The molecule has 2 atom stereocenters. The second-order valence-corrected chi connectivity index (χ2v) is 11.3. The van der Waals surface area contributed by atoms with Crippen molar-refractivity contribution in [2.75, 3.05) is 9.80 Å². The van der Waals surface area contributed by atoms with Gasteiger partial charge in [0, 0.05) is 53.8 Å². The lowest BCUT2D eigenvalue weighted by Gasteiger charge is -2.43. The van der Waals surface area contributed by atoms with Gasteiger partial charge in [0.1, 0.15) is 0 Å². The molecule has 232 valence electrons. The number of carbonyl (C=O) groups is 2. The van der Waals surface area contributed by atoms with E-state index in [2.05, 4.69) is 0 Å². The van der Waals surface area contributed by atoms with Gasteiger partial charge in [-0.2, -0.15) is 0 Å². The topological polar surface area (TPSA) is 127 Å². The van der Waals surface area contributed by atoms with Crippen molar-refractivity contribution in [3.05, 3.63) is 151 Å². The van der Waals surface area contributed by atoms with E-state index in [9.17, 15) is 29.8 Å². The monoisotopic (exact) mass is 616 g/mol. The van der Waals surface area contributed by atoms with Gasteiger partial charge in [-0.15, -0.1) is 0 Å². The third kappa shape index (κ3) is 6.91. The Kier molecular flexibility index (Phi) is 9.18. The minimum absolute atomic E-state index is 0.0289. The fourth-order valence-corrected chi connectivity index (χ4v) is 5.61. The van der Waals surface area contributed by atoms with E-state index in [0.29, 0.717) is 28.9 Å². The number of nitro groups is 2. The zero-order valence-corrected chi connectivity index (χ0v) is 25.6. The Morgan fingerprint density at radius 1 is 0.761 bits per heavy atom. The van der Waals surface area contributed by atoms with E-state index in [0.717, 1.165) is 16.7 Å². The Labute approximate surface area is 266 Å². The summed E-state index contributed by atoms with van der Waals surface area (Å²) in [5.74, 6) is -0.523. The van der Waals surface area contributed by atoms with Gasteiger partial charge < -0.3 is 9.80 Å². The summed E-state index contributed by atoms with van der Waals surface area (Å²) in [4.78, 5) is 52.2. The van der Waals surface area contributed by atoms with Crippen LogP contribution in [-0.4, -0.2) is 27.7 Å². The summed E-state index contributed by atoms with van der Waals surface area (Å²) >= 11 is 0. The molecular formula is C36H32N4O6. The maximum Gasteiger partial charge on any atom is 0.269 e. The molecule has 0 spiro atoms. The van der Waals surface area contributed by atoms with Crippen LogP contribution < -0.4 is 9.80 Å². The van der Waals surface area contributed by atoms with Gasteiger partial charge in [0.05, 0.1) is 15.9 Å². The van der Waals surface area contributed by atoms with Crippen molar-refractivity contribution in [2.45, 2.75) is 39.3 Å². The van der Waals surface area contributed by atoms with E-state index in [1.54, 1.807) is 46.2 Å². The molecule has 0 saturated carbocycles. The molecule has 2 amide bonds. The molecule has 2 unspecified atom stereocenters. The van der Waals surface area contributed by atoms with Crippen LogP contribution in [0.2, 0.25) is 0 Å².